The van der Waals surface area contributed by atoms with Crippen LogP contribution in [0.25, 0.3) is 0 Å². The van der Waals surface area contributed by atoms with Gasteiger partial charge in [0.1, 0.15) is 0 Å². The molecule has 0 aromatic heterocycles. The Morgan fingerprint density at radius 2 is 1.08 bits per heavy atom. The second-order valence-corrected chi connectivity index (χ2v) is 15.9. The molecule has 2 aliphatic rings. The molecule has 2 aromatic carbocycles. The first-order chi connectivity index (χ1) is 10.7. The van der Waals surface area contributed by atoms with Crippen molar-refractivity contribution in [2.45, 2.75) is 64.5 Å². The zero-order valence-corrected chi connectivity index (χ0v) is 21.5. The summed E-state index contributed by atoms with van der Waals surface area (Å²) in [5, 5.41) is 0. The molecule has 0 radical (unpaired) electrons. The van der Waals surface area contributed by atoms with Gasteiger partial charge in [-0.15, -0.1) is 0 Å². The molecule has 0 aliphatic heterocycles. The number of hydrogen-bond acceptors (Lipinski definition) is 0. The number of fused-ring (bicyclic) bond motifs is 2. The molecule has 2 aliphatic carbocycles. The minimum atomic E-state index is 0. The molecule has 0 saturated carbocycles. The van der Waals surface area contributed by atoms with E-state index in [1.165, 1.54) is 51.4 Å². The van der Waals surface area contributed by atoms with Gasteiger partial charge in [-0.3, -0.25) is 0 Å². The topological polar surface area (TPSA) is 0 Å². The van der Waals surface area contributed by atoms with Crippen molar-refractivity contribution >= 4 is 5.43 Å². The van der Waals surface area contributed by atoms with Gasteiger partial charge >= 0.3 is 41.9 Å². The Labute approximate surface area is 184 Å². The van der Waals surface area contributed by atoms with Gasteiger partial charge in [0.05, 0.1) is 0 Å². The van der Waals surface area contributed by atoms with Gasteiger partial charge in [0, 0.05) is 0 Å². The van der Waals surface area contributed by atoms with Crippen LogP contribution in [-0.2, 0) is 49.0 Å². The number of aryl methyl sites for hydroxylation is 4. The van der Waals surface area contributed by atoms with Crippen LogP contribution in [0.4, 0.5) is 0 Å². The van der Waals surface area contributed by atoms with E-state index in [0.29, 0.717) is 0 Å². The van der Waals surface area contributed by atoms with E-state index < -0.39 is 0 Å². The summed E-state index contributed by atoms with van der Waals surface area (Å²) >= 11 is 1.74. The molecule has 4 rings (SSSR count). The van der Waals surface area contributed by atoms with Crippen LogP contribution >= 0.6 is 0 Å². The molecular formula is C20H28Br2SiZr-2. The Kier molecular flexibility index (Phi) is 14.3. The van der Waals surface area contributed by atoms with Gasteiger partial charge in [-0.25, -0.2) is 12.1 Å². The minimum absolute atomic E-state index is 0. The second-order valence-electron chi connectivity index (χ2n) is 6.57. The second kappa shape index (κ2) is 13.9. The zero-order valence-electron chi connectivity index (χ0n) is 14.9. The van der Waals surface area contributed by atoms with Gasteiger partial charge in [0.2, 0.25) is 0 Å². The van der Waals surface area contributed by atoms with Crippen molar-refractivity contribution in [3.63, 3.8) is 0 Å². The Hall–Kier alpha value is 0.760. The minimum Gasteiger partial charge on any atom is -1.00 e. The fraction of sp³-hybridized carbons (Fsp3) is 0.500. The first kappa shape index (κ1) is 24.8. The fourth-order valence-electron chi connectivity index (χ4n) is 3.23. The van der Waals surface area contributed by atoms with Crippen LogP contribution in [0.1, 0.15) is 47.9 Å². The molecule has 0 bridgehead atoms. The quantitative estimate of drug-likeness (QED) is 0.304. The summed E-state index contributed by atoms with van der Waals surface area (Å²) in [5.74, 6) is 0. The summed E-state index contributed by atoms with van der Waals surface area (Å²) in [4.78, 5) is 0. The maximum atomic E-state index is 2.31. The number of halogens is 2. The molecule has 2 aromatic rings. The van der Waals surface area contributed by atoms with E-state index in [0.717, 1.165) is 0 Å². The van der Waals surface area contributed by atoms with Crippen LogP contribution in [0.5, 0.6) is 0 Å². The van der Waals surface area contributed by atoms with E-state index in [-0.39, 0.29) is 39.4 Å². The van der Waals surface area contributed by atoms with E-state index in [2.05, 4.69) is 49.5 Å². The van der Waals surface area contributed by atoms with E-state index >= 15 is 0 Å². The molecule has 0 nitrogen and oxygen atoms in total. The van der Waals surface area contributed by atoms with Gasteiger partial charge in [0.15, 0.2) is 0 Å². The molecule has 24 heavy (non-hydrogen) atoms. The summed E-state index contributed by atoms with van der Waals surface area (Å²) in [5.41, 5.74) is 6.60. The SMILES string of the molecule is C[Si](C)=[Zr+2].[Br-].[Br-].c1cc2c([cH-]1)CCCC2.c1cc2c([cH-]1)CCCC2. The molecule has 0 unspecified atom stereocenters. The summed E-state index contributed by atoms with van der Waals surface area (Å²) in [7, 11) is 0. The smallest absolute Gasteiger partial charge is 0.0512 e. The van der Waals surface area contributed by atoms with Crippen LogP contribution < -0.4 is 34.0 Å². The Bertz CT molecular complexity index is 495. The maximum Gasteiger partial charge on any atom is -0.0512 e. The standard InChI is InChI=1S/2C9H11.C2H6Si.2BrH.Zr/c2*1-2-5-9-7-3-6-8(9)4-1;1-3-2;;;/h2*3,6-7H,1-2,4-5H2;1-2H3;2*1H;/q2*-1;;;;+2/p-2. The third-order valence-electron chi connectivity index (χ3n) is 4.30. The maximum absolute atomic E-state index is 2.31. The van der Waals surface area contributed by atoms with Crippen LogP contribution in [0.3, 0.4) is 0 Å². The summed E-state index contributed by atoms with van der Waals surface area (Å²) < 4.78 is 0. The van der Waals surface area contributed by atoms with Crippen LogP contribution in [0.15, 0.2) is 36.4 Å². The van der Waals surface area contributed by atoms with Crippen molar-refractivity contribution in [1.82, 2.24) is 0 Å². The third kappa shape index (κ3) is 8.92. The van der Waals surface area contributed by atoms with Gasteiger partial charge in [-0.05, 0) is 0 Å². The molecular weight excluding hydrogens is 519 g/mol. The molecule has 0 atom stereocenters. The van der Waals surface area contributed by atoms with Gasteiger partial charge in [-0.1, -0.05) is 51.4 Å². The molecule has 4 heteroatoms. The van der Waals surface area contributed by atoms with Crippen molar-refractivity contribution in [3.05, 3.63) is 58.7 Å². The van der Waals surface area contributed by atoms with Crippen molar-refractivity contribution in [2.24, 2.45) is 0 Å². The fourth-order valence-corrected chi connectivity index (χ4v) is 3.23. The number of hydrogen-bond donors (Lipinski definition) is 0. The average molecular weight is 548 g/mol. The average Bonchev–Trinajstić information content (AvgIpc) is 3.16. The Morgan fingerprint density at radius 1 is 0.750 bits per heavy atom. The third-order valence-corrected chi connectivity index (χ3v) is 4.30. The molecule has 0 fully saturated rings. The van der Waals surface area contributed by atoms with Crippen LogP contribution in [-0.4, -0.2) is 5.43 Å². The monoisotopic (exact) mass is 544 g/mol. The molecule has 0 heterocycles. The van der Waals surface area contributed by atoms with Crippen molar-refractivity contribution in [3.8, 4) is 0 Å². The van der Waals surface area contributed by atoms with E-state index in [1.807, 2.05) is 0 Å². The first-order valence-electron chi connectivity index (χ1n) is 8.65. The first-order valence-corrected chi connectivity index (χ1v) is 14.8. The molecule has 0 spiro atoms. The van der Waals surface area contributed by atoms with E-state index in [4.69, 9.17) is 0 Å². The summed E-state index contributed by atoms with van der Waals surface area (Å²) in [6.07, 6.45) is 10.9. The van der Waals surface area contributed by atoms with Crippen molar-refractivity contribution in [2.75, 3.05) is 0 Å². The van der Waals surface area contributed by atoms with Crippen molar-refractivity contribution < 1.29 is 57.3 Å². The molecule has 0 N–H and O–H groups in total. The Balaban J connectivity index is 0.000000341. The molecule has 132 valence electrons. The summed E-state index contributed by atoms with van der Waals surface area (Å²) in [6, 6.07) is 13.4. The zero-order chi connectivity index (χ0) is 15.8. The predicted octanol–water partition coefficient (Wildman–Crippen LogP) is -0.639. The van der Waals surface area contributed by atoms with Gasteiger partial charge in [-0.2, -0.15) is 46.5 Å². The van der Waals surface area contributed by atoms with Gasteiger partial charge in [0.25, 0.3) is 0 Å². The Morgan fingerprint density at radius 3 is 1.42 bits per heavy atom. The summed E-state index contributed by atoms with van der Waals surface area (Å²) in [6.45, 7) is 4.62. The van der Waals surface area contributed by atoms with Crippen LogP contribution in [0.2, 0.25) is 13.1 Å². The number of rotatable bonds is 0. The van der Waals surface area contributed by atoms with Gasteiger partial charge < -0.3 is 34.0 Å². The molecule has 0 amide bonds. The molecule has 0 saturated heterocycles. The predicted molar refractivity (Wildman–Crippen MR) is 94.8 cm³/mol. The largest absolute Gasteiger partial charge is 1.00 e. The van der Waals surface area contributed by atoms with Crippen LogP contribution in [0, 0.1) is 0 Å². The van der Waals surface area contributed by atoms with E-state index in [1.54, 1.807) is 45.6 Å². The normalized spacial score (nSPS) is 14.2. The van der Waals surface area contributed by atoms with Crippen molar-refractivity contribution in [1.29, 1.82) is 0 Å². The van der Waals surface area contributed by atoms with E-state index in [9.17, 15) is 0 Å².